The van der Waals surface area contributed by atoms with Crippen molar-refractivity contribution in [1.82, 2.24) is 0 Å². The maximum atomic E-state index is 10.5. The van der Waals surface area contributed by atoms with E-state index in [-0.39, 0.29) is 0 Å². The molecule has 15 heavy (non-hydrogen) atoms. The number of rotatable bonds is 5. The fraction of sp³-hybridized carbons (Fsp3) is 0.583. The van der Waals surface area contributed by atoms with Gasteiger partial charge in [0.2, 0.25) is 6.29 Å². The van der Waals surface area contributed by atoms with Crippen LogP contribution in [0.15, 0.2) is 23.3 Å². The van der Waals surface area contributed by atoms with Crippen LogP contribution in [0.4, 0.5) is 0 Å². The average molecular weight is 212 g/mol. The molecule has 86 valence electrons. The fourth-order valence-corrected chi connectivity index (χ4v) is 1.12. The largest absolute Gasteiger partial charge is 0.432 e. The van der Waals surface area contributed by atoms with Crippen LogP contribution >= 0.6 is 0 Å². The van der Waals surface area contributed by atoms with Crippen LogP contribution in [0.2, 0.25) is 0 Å². The van der Waals surface area contributed by atoms with Gasteiger partial charge in [-0.3, -0.25) is 4.79 Å². The van der Waals surface area contributed by atoms with Crippen LogP contribution in [0.25, 0.3) is 0 Å². The topological polar surface area (TPSA) is 46.5 Å². The van der Waals surface area contributed by atoms with Crippen molar-refractivity contribution in [3.63, 3.8) is 0 Å². The highest BCUT2D eigenvalue weighted by Gasteiger charge is 2.03. The molecule has 0 bridgehead atoms. The molecular formula is C12H20O3. The van der Waals surface area contributed by atoms with Gasteiger partial charge in [0.15, 0.2) is 0 Å². The molecule has 1 atom stereocenters. The summed E-state index contributed by atoms with van der Waals surface area (Å²) in [6.07, 6.45) is 4.38. The molecule has 1 unspecified atom stereocenters. The molecular weight excluding hydrogens is 192 g/mol. The molecule has 0 saturated carbocycles. The van der Waals surface area contributed by atoms with Gasteiger partial charge in [0, 0.05) is 6.92 Å². The van der Waals surface area contributed by atoms with Crippen LogP contribution < -0.4 is 0 Å². The molecule has 0 heterocycles. The van der Waals surface area contributed by atoms with E-state index in [9.17, 15) is 9.90 Å². The quantitative estimate of drug-likeness (QED) is 0.433. The minimum atomic E-state index is -1.12. The fourth-order valence-electron chi connectivity index (χ4n) is 1.12. The molecule has 0 rings (SSSR count). The van der Waals surface area contributed by atoms with Crippen molar-refractivity contribution in [2.24, 2.45) is 0 Å². The minimum Gasteiger partial charge on any atom is -0.432 e. The van der Waals surface area contributed by atoms with Crippen molar-refractivity contribution < 1.29 is 14.6 Å². The van der Waals surface area contributed by atoms with E-state index in [1.807, 2.05) is 20.8 Å². The molecule has 1 N–H and O–H groups in total. The third kappa shape index (κ3) is 9.22. The first-order valence-electron chi connectivity index (χ1n) is 5.07. The van der Waals surface area contributed by atoms with Gasteiger partial charge in [0.05, 0.1) is 0 Å². The van der Waals surface area contributed by atoms with Gasteiger partial charge in [-0.05, 0) is 39.7 Å². The molecule has 0 amide bonds. The summed E-state index contributed by atoms with van der Waals surface area (Å²) in [4.78, 5) is 10.5. The second-order valence-electron chi connectivity index (χ2n) is 3.83. The Bertz CT molecular complexity index is 260. The second-order valence-corrected chi connectivity index (χ2v) is 3.83. The number of ether oxygens (including phenoxy) is 1. The second kappa shape index (κ2) is 7.23. The van der Waals surface area contributed by atoms with Gasteiger partial charge in [-0.2, -0.15) is 0 Å². The van der Waals surface area contributed by atoms with E-state index < -0.39 is 12.3 Å². The standard InChI is InChI=1S/C12H20O3/c1-9(2)6-5-7-10(3)8-12(14)15-11(4)13/h6,8,12,14H,5,7H2,1-4H3/b10-8-. The van der Waals surface area contributed by atoms with E-state index >= 15 is 0 Å². The third-order valence-electron chi connectivity index (χ3n) is 1.81. The molecule has 0 saturated heterocycles. The Morgan fingerprint density at radius 2 is 1.93 bits per heavy atom. The number of carbonyl (C=O) groups is 1. The van der Waals surface area contributed by atoms with Crippen molar-refractivity contribution in [3.05, 3.63) is 23.3 Å². The summed E-state index contributed by atoms with van der Waals surface area (Å²) in [5.74, 6) is -0.476. The van der Waals surface area contributed by atoms with E-state index in [0.717, 1.165) is 18.4 Å². The van der Waals surface area contributed by atoms with Crippen LogP contribution in [-0.4, -0.2) is 17.4 Å². The van der Waals surface area contributed by atoms with Gasteiger partial charge in [-0.25, -0.2) is 0 Å². The number of hydrogen-bond donors (Lipinski definition) is 1. The Hall–Kier alpha value is -1.09. The predicted molar refractivity (Wildman–Crippen MR) is 60.2 cm³/mol. The van der Waals surface area contributed by atoms with E-state index in [1.165, 1.54) is 12.5 Å². The summed E-state index contributed by atoms with van der Waals surface area (Å²) in [7, 11) is 0. The summed E-state index contributed by atoms with van der Waals surface area (Å²) >= 11 is 0. The van der Waals surface area contributed by atoms with E-state index in [0.29, 0.717) is 0 Å². The molecule has 0 aromatic heterocycles. The van der Waals surface area contributed by atoms with Gasteiger partial charge < -0.3 is 9.84 Å². The first-order valence-corrected chi connectivity index (χ1v) is 5.07. The summed E-state index contributed by atoms with van der Waals surface area (Å²) < 4.78 is 4.57. The Kier molecular flexibility index (Phi) is 6.71. The normalized spacial score (nSPS) is 13.3. The van der Waals surface area contributed by atoms with Crippen LogP contribution in [0.3, 0.4) is 0 Å². The Morgan fingerprint density at radius 1 is 1.33 bits per heavy atom. The summed E-state index contributed by atoms with van der Waals surface area (Å²) in [6.45, 7) is 7.28. The summed E-state index contributed by atoms with van der Waals surface area (Å²) in [5.41, 5.74) is 2.30. The molecule has 0 fully saturated rings. The lowest BCUT2D eigenvalue weighted by molar-refractivity contribution is -0.157. The number of hydrogen-bond acceptors (Lipinski definition) is 3. The lowest BCUT2D eigenvalue weighted by atomic mass is 10.1. The van der Waals surface area contributed by atoms with Gasteiger partial charge in [0.25, 0.3) is 0 Å². The van der Waals surface area contributed by atoms with E-state index in [2.05, 4.69) is 10.8 Å². The molecule has 0 aliphatic heterocycles. The number of aliphatic hydroxyl groups is 1. The van der Waals surface area contributed by atoms with E-state index in [1.54, 1.807) is 6.08 Å². The van der Waals surface area contributed by atoms with Crippen molar-refractivity contribution in [2.75, 3.05) is 0 Å². The van der Waals surface area contributed by atoms with Gasteiger partial charge >= 0.3 is 5.97 Å². The van der Waals surface area contributed by atoms with Crippen LogP contribution in [0.1, 0.15) is 40.5 Å². The SMILES string of the molecule is CC(=O)OC(O)/C=C(/C)CCC=C(C)C. The lowest BCUT2D eigenvalue weighted by Crippen LogP contribution is -2.12. The number of esters is 1. The third-order valence-corrected chi connectivity index (χ3v) is 1.81. The molecule has 0 aromatic carbocycles. The van der Waals surface area contributed by atoms with Crippen molar-refractivity contribution in [2.45, 2.75) is 46.8 Å². The molecule has 0 spiro atoms. The smallest absolute Gasteiger partial charge is 0.305 e. The lowest BCUT2D eigenvalue weighted by Gasteiger charge is -2.07. The van der Waals surface area contributed by atoms with Crippen molar-refractivity contribution in [3.8, 4) is 0 Å². The molecule has 0 aromatic rings. The van der Waals surface area contributed by atoms with Crippen LogP contribution in [-0.2, 0) is 9.53 Å². The monoisotopic (exact) mass is 212 g/mol. The van der Waals surface area contributed by atoms with E-state index in [4.69, 9.17) is 0 Å². The van der Waals surface area contributed by atoms with Gasteiger partial charge in [-0.15, -0.1) is 0 Å². The van der Waals surface area contributed by atoms with Gasteiger partial charge in [0.1, 0.15) is 0 Å². The molecule has 3 nitrogen and oxygen atoms in total. The Labute approximate surface area is 91.4 Å². The number of aliphatic hydroxyl groups excluding tert-OH is 1. The summed E-state index contributed by atoms with van der Waals surface area (Å²) in [5, 5.41) is 9.26. The van der Waals surface area contributed by atoms with Crippen LogP contribution in [0, 0.1) is 0 Å². The zero-order valence-corrected chi connectivity index (χ0v) is 9.91. The average Bonchev–Trinajstić information content (AvgIpc) is 2.00. The van der Waals surface area contributed by atoms with Crippen molar-refractivity contribution >= 4 is 5.97 Å². The predicted octanol–water partition coefficient (Wildman–Crippen LogP) is 2.56. The number of allylic oxidation sites excluding steroid dienone is 3. The number of carbonyl (C=O) groups excluding carboxylic acids is 1. The first-order chi connectivity index (χ1) is 6.91. The molecule has 0 radical (unpaired) electrons. The molecule has 3 heteroatoms. The minimum absolute atomic E-state index is 0.476. The maximum absolute atomic E-state index is 10.5. The van der Waals surface area contributed by atoms with Crippen LogP contribution in [0.5, 0.6) is 0 Å². The Morgan fingerprint density at radius 3 is 2.40 bits per heavy atom. The Balaban J connectivity index is 3.97. The van der Waals surface area contributed by atoms with Crippen molar-refractivity contribution in [1.29, 1.82) is 0 Å². The molecule has 0 aliphatic carbocycles. The highest BCUT2D eigenvalue weighted by Crippen LogP contribution is 2.08. The zero-order chi connectivity index (χ0) is 11.8. The first kappa shape index (κ1) is 13.9. The maximum Gasteiger partial charge on any atom is 0.305 e. The van der Waals surface area contributed by atoms with Gasteiger partial charge in [-0.1, -0.05) is 17.2 Å². The highest BCUT2D eigenvalue weighted by molar-refractivity contribution is 5.66. The highest BCUT2D eigenvalue weighted by atomic mass is 16.6. The molecule has 0 aliphatic rings. The summed E-state index contributed by atoms with van der Waals surface area (Å²) in [6, 6.07) is 0. The zero-order valence-electron chi connectivity index (χ0n) is 9.91.